The maximum atomic E-state index is 12.4. The SMILES string of the molecule is NC1CCCC(C(=O)Nc2ccccc2-n2cnnn2)C1. The van der Waals surface area contributed by atoms with Gasteiger partial charge in [0, 0.05) is 12.0 Å². The standard InChI is InChI=1S/C14H18N6O/c15-11-5-3-4-10(8-11)14(21)17-12-6-1-2-7-13(12)20-9-16-18-19-20/h1-2,6-7,9-11H,3-5,8,15H2,(H,17,21). The summed E-state index contributed by atoms with van der Waals surface area (Å²) in [5.41, 5.74) is 7.40. The first-order valence-corrected chi connectivity index (χ1v) is 7.13. The molecule has 1 aliphatic carbocycles. The number of carbonyl (C=O) groups is 1. The average Bonchev–Trinajstić information content (AvgIpc) is 3.02. The first kappa shape index (κ1) is 13.7. The summed E-state index contributed by atoms with van der Waals surface area (Å²) in [5, 5.41) is 14.1. The Hall–Kier alpha value is -2.28. The van der Waals surface area contributed by atoms with E-state index in [9.17, 15) is 4.79 Å². The topological polar surface area (TPSA) is 98.7 Å². The van der Waals surface area contributed by atoms with E-state index in [0.717, 1.165) is 31.4 Å². The Labute approximate surface area is 122 Å². The summed E-state index contributed by atoms with van der Waals surface area (Å²) in [6, 6.07) is 7.58. The van der Waals surface area contributed by atoms with Gasteiger partial charge in [-0.3, -0.25) is 4.79 Å². The first-order chi connectivity index (χ1) is 10.2. The second-order valence-electron chi connectivity index (χ2n) is 5.38. The lowest BCUT2D eigenvalue weighted by Crippen LogP contribution is -2.34. The zero-order chi connectivity index (χ0) is 14.7. The summed E-state index contributed by atoms with van der Waals surface area (Å²) < 4.78 is 1.53. The molecule has 7 nitrogen and oxygen atoms in total. The van der Waals surface area contributed by atoms with E-state index >= 15 is 0 Å². The van der Waals surface area contributed by atoms with Gasteiger partial charge in [-0.2, -0.15) is 4.68 Å². The number of nitrogens with two attached hydrogens (primary N) is 1. The van der Waals surface area contributed by atoms with Crippen LogP contribution in [0.5, 0.6) is 0 Å². The van der Waals surface area contributed by atoms with Crippen LogP contribution in [0, 0.1) is 5.92 Å². The molecule has 1 amide bonds. The molecular formula is C14H18N6O. The predicted octanol–water partition coefficient (Wildman–Crippen LogP) is 1.12. The zero-order valence-electron chi connectivity index (χ0n) is 11.6. The Kier molecular flexibility index (Phi) is 3.92. The monoisotopic (exact) mass is 286 g/mol. The highest BCUT2D eigenvalue weighted by Gasteiger charge is 2.25. The molecule has 3 rings (SSSR count). The Balaban J connectivity index is 1.77. The first-order valence-electron chi connectivity index (χ1n) is 7.13. The van der Waals surface area contributed by atoms with Gasteiger partial charge < -0.3 is 11.1 Å². The number of hydrogen-bond donors (Lipinski definition) is 2. The van der Waals surface area contributed by atoms with Crippen molar-refractivity contribution in [1.29, 1.82) is 0 Å². The van der Waals surface area contributed by atoms with Gasteiger partial charge in [0.1, 0.15) is 6.33 Å². The molecule has 2 unspecified atom stereocenters. The zero-order valence-corrected chi connectivity index (χ0v) is 11.6. The van der Waals surface area contributed by atoms with Crippen LogP contribution in [-0.2, 0) is 4.79 Å². The molecule has 1 saturated carbocycles. The molecule has 0 aliphatic heterocycles. The van der Waals surface area contributed by atoms with Crippen LogP contribution in [0.2, 0.25) is 0 Å². The van der Waals surface area contributed by atoms with Crippen molar-refractivity contribution in [3.05, 3.63) is 30.6 Å². The number of benzene rings is 1. The average molecular weight is 286 g/mol. The molecule has 0 saturated heterocycles. The third-order valence-electron chi connectivity index (χ3n) is 3.84. The summed E-state index contributed by atoms with van der Waals surface area (Å²) in [4.78, 5) is 12.4. The Morgan fingerprint density at radius 1 is 1.33 bits per heavy atom. The summed E-state index contributed by atoms with van der Waals surface area (Å²) in [6.07, 6.45) is 5.16. The largest absolute Gasteiger partial charge is 0.328 e. The number of amides is 1. The molecule has 1 fully saturated rings. The van der Waals surface area contributed by atoms with Gasteiger partial charge >= 0.3 is 0 Å². The highest BCUT2D eigenvalue weighted by Crippen LogP contribution is 2.26. The van der Waals surface area contributed by atoms with E-state index in [0.29, 0.717) is 5.69 Å². The van der Waals surface area contributed by atoms with Crippen LogP contribution in [0.15, 0.2) is 30.6 Å². The van der Waals surface area contributed by atoms with Crippen molar-refractivity contribution >= 4 is 11.6 Å². The molecule has 1 aromatic carbocycles. The Bertz CT molecular complexity index is 612. The molecule has 7 heteroatoms. The lowest BCUT2D eigenvalue weighted by molar-refractivity contribution is -0.120. The van der Waals surface area contributed by atoms with E-state index in [1.54, 1.807) is 0 Å². The minimum Gasteiger partial charge on any atom is -0.328 e. The third-order valence-corrected chi connectivity index (χ3v) is 3.84. The highest BCUT2D eigenvalue weighted by molar-refractivity contribution is 5.94. The van der Waals surface area contributed by atoms with Crippen molar-refractivity contribution in [3.63, 3.8) is 0 Å². The number of nitrogens with zero attached hydrogens (tertiary/aromatic N) is 4. The van der Waals surface area contributed by atoms with Crippen molar-refractivity contribution < 1.29 is 4.79 Å². The van der Waals surface area contributed by atoms with Gasteiger partial charge in [0.2, 0.25) is 5.91 Å². The Morgan fingerprint density at radius 2 is 2.19 bits per heavy atom. The van der Waals surface area contributed by atoms with Crippen LogP contribution >= 0.6 is 0 Å². The van der Waals surface area contributed by atoms with E-state index in [2.05, 4.69) is 20.8 Å². The second-order valence-corrected chi connectivity index (χ2v) is 5.38. The number of rotatable bonds is 3. The number of anilines is 1. The van der Waals surface area contributed by atoms with Gasteiger partial charge in [-0.25, -0.2) is 0 Å². The molecule has 1 heterocycles. The molecular weight excluding hydrogens is 268 g/mol. The van der Waals surface area contributed by atoms with Crippen LogP contribution in [-0.4, -0.2) is 32.2 Å². The van der Waals surface area contributed by atoms with Crippen molar-refractivity contribution in [2.75, 3.05) is 5.32 Å². The van der Waals surface area contributed by atoms with Gasteiger partial charge in [0.25, 0.3) is 0 Å². The van der Waals surface area contributed by atoms with E-state index in [1.165, 1.54) is 11.0 Å². The van der Waals surface area contributed by atoms with Gasteiger partial charge in [-0.05, 0) is 41.8 Å². The highest BCUT2D eigenvalue weighted by atomic mass is 16.1. The van der Waals surface area contributed by atoms with Crippen LogP contribution in [0.1, 0.15) is 25.7 Å². The number of carbonyl (C=O) groups excluding carboxylic acids is 1. The quantitative estimate of drug-likeness (QED) is 0.881. The van der Waals surface area contributed by atoms with Gasteiger partial charge in [0.05, 0.1) is 11.4 Å². The van der Waals surface area contributed by atoms with Crippen LogP contribution in [0.4, 0.5) is 5.69 Å². The van der Waals surface area contributed by atoms with E-state index in [-0.39, 0.29) is 17.9 Å². The Morgan fingerprint density at radius 3 is 2.95 bits per heavy atom. The molecule has 0 radical (unpaired) electrons. The smallest absolute Gasteiger partial charge is 0.227 e. The molecule has 0 spiro atoms. The molecule has 1 aromatic heterocycles. The maximum Gasteiger partial charge on any atom is 0.227 e. The number of aromatic nitrogens is 4. The van der Waals surface area contributed by atoms with Crippen LogP contribution in [0.3, 0.4) is 0 Å². The number of hydrogen-bond acceptors (Lipinski definition) is 5. The van der Waals surface area contributed by atoms with Gasteiger partial charge in [-0.15, -0.1) is 5.10 Å². The molecule has 2 aromatic rings. The fourth-order valence-electron chi connectivity index (χ4n) is 2.75. The number of nitrogens with one attached hydrogen (secondary N) is 1. The maximum absolute atomic E-state index is 12.4. The van der Waals surface area contributed by atoms with Gasteiger partial charge in [-0.1, -0.05) is 18.6 Å². The van der Waals surface area contributed by atoms with E-state index in [4.69, 9.17) is 5.73 Å². The summed E-state index contributed by atoms with van der Waals surface area (Å²) in [6.45, 7) is 0. The molecule has 110 valence electrons. The summed E-state index contributed by atoms with van der Waals surface area (Å²) >= 11 is 0. The summed E-state index contributed by atoms with van der Waals surface area (Å²) in [7, 11) is 0. The molecule has 1 aliphatic rings. The van der Waals surface area contributed by atoms with Gasteiger partial charge in [0.15, 0.2) is 0 Å². The lowest BCUT2D eigenvalue weighted by Gasteiger charge is -2.25. The number of para-hydroxylation sites is 2. The fourth-order valence-corrected chi connectivity index (χ4v) is 2.75. The molecule has 0 bridgehead atoms. The lowest BCUT2D eigenvalue weighted by atomic mass is 9.85. The van der Waals surface area contributed by atoms with Crippen LogP contribution in [0.25, 0.3) is 5.69 Å². The second kappa shape index (κ2) is 6.01. The van der Waals surface area contributed by atoms with Crippen LogP contribution < -0.4 is 11.1 Å². The normalized spacial score (nSPS) is 22.0. The summed E-state index contributed by atoms with van der Waals surface area (Å²) in [5.74, 6) is 0.00125. The van der Waals surface area contributed by atoms with Crippen molar-refractivity contribution in [2.45, 2.75) is 31.7 Å². The predicted molar refractivity (Wildman–Crippen MR) is 77.7 cm³/mol. The number of tetrazole rings is 1. The van der Waals surface area contributed by atoms with Crippen molar-refractivity contribution in [2.24, 2.45) is 11.7 Å². The minimum atomic E-state index is -0.0179. The molecule has 3 N–H and O–H groups in total. The van der Waals surface area contributed by atoms with E-state index < -0.39 is 0 Å². The van der Waals surface area contributed by atoms with Crippen molar-refractivity contribution in [3.8, 4) is 5.69 Å². The fraction of sp³-hybridized carbons (Fsp3) is 0.429. The molecule has 21 heavy (non-hydrogen) atoms. The minimum absolute atomic E-state index is 0.0179. The van der Waals surface area contributed by atoms with E-state index in [1.807, 2.05) is 24.3 Å². The third kappa shape index (κ3) is 3.08. The van der Waals surface area contributed by atoms with Crippen molar-refractivity contribution in [1.82, 2.24) is 20.2 Å². The molecule has 2 atom stereocenters.